The molecule has 9 nitrogen and oxygen atoms in total. The van der Waals surface area contributed by atoms with E-state index in [0.29, 0.717) is 43.1 Å². The minimum atomic E-state index is -3.69. The molecule has 0 bridgehead atoms. The summed E-state index contributed by atoms with van der Waals surface area (Å²) in [5.41, 5.74) is 2.30. The first kappa shape index (κ1) is 32.8. The largest absolute Gasteiger partial charge is 0.484 e. The topological polar surface area (TPSA) is 105 Å². The lowest BCUT2D eigenvalue weighted by Crippen LogP contribution is -2.45. The summed E-state index contributed by atoms with van der Waals surface area (Å²) in [6.45, 7) is 1.20. The highest BCUT2D eigenvalue weighted by Gasteiger charge is 2.32. The summed E-state index contributed by atoms with van der Waals surface area (Å²) >= 11 is 0. The Labute approximate surface area is 268 Å². The number of halogens is 1. The molecule has 0 spiro atoms. The molecule has 0 aliphatic carbocycles. The van der Waals surface area contributed by atoms with Crippen molar-refractivity contribution in [1.82, 2.24) is 14.5 Å². The molecule has 0 saturated carbocycles. The molecule has 11 heteroatoms. The van der Waals surface area contributed by atoms with Crippen LogP contribution in [0.5, 0.6) is 5.75 Å². The van der Waals surface area contributed by atoms with E-state index < -0.39 is 34.4 Å². The number of ether oxygens (including phenoxy) is 2. The van der Waals surface area contributed by atoms with Gasteiger partial charge in [-0.25, -0.2) is 12.8 Å². The van der Waals surface area contributed by atoms with Crippen molar-refractivity contribution < 1.29 is 31.9 Å². The van der Waals surface area contributed by atoms with Gasteiger partial charge in [-0.2, -0.15) is 4.31 Å². The Balaban J connectivity index is 1.34. The summed E-state index contributed by atoms with van der Waals surface area (Å²) in [4.78, 5) is 29.2. The van der Waals surface area contributed by atoms with E-state index in [1.54, 1.807) is 36.4 Å². The zero-order chi connectivity index (χ0) is 32.4. The number of morpholine rings is 1. The Morgan fingerprint density at radius 3 is 2.13 bits per heavy atom. The quantitative estimate of drug-likeness (QED) is 0.232. The van der Waals surface area contributed by atoms with Gasteiger partial charge in [-0.1, -0.05) is 72.8 Å². The van der Waals surface area contributed by atoms with Gasteiger partial charge in [-0.05, 0) is 59.5 Å². The highest BCUT2D eigenvalue weighted by Crippen LogP contribution is 2.25. The highest BCUT2D eigenvalue weighted by molar-refractivity contribution is 7.89. The summed E-state index contributed by atoms with van der Waals surface area (Å²) in [5.74, 6) is -0.974. The summed E-state index contributed by atoms with van der Waals surface area (Å²) < 4.78 is 52.1. The van der Waals surface area contributed by atoms with Crippen molar-refractivity contribution in [2.75, 3.05) is 39.5 Å². The van der Waals surface area contributed by atoms with Crippen molar-refractivity contribution in [3.05, 3.63) is 132 Å². The number of sulfonamides is 1. The maximum absolute atomic E-state index is 13.9. The van der Waals surface area contributed by atoms with Gasteiger partial charge < -0.3 is 19.7 Å². The molecular weight excluding hydrogens is 609 g/mol. The molecule has 1 fully saturated rings. The molecule has 5 rings (SSSR count). The van der Waals surface area contributed by atoms with E-state index in [1.807, 2.05) is 36.4 Å². The Morgan fingerprint density at radius 2 is 1.48 bits per heavy atom. The molecule has 0 unspecified atom stereocenters. The number of hydrogen-bond donors (Lipinski definition) is 1. The van der Waals surface area contributed by atoms with Gasteiger partial charge in [0.05, 0.1) is 18.1 Å². The molecule has 2 amide bonds. The van der Waals surface area contributed by atoms with Crippen molar-refractivity contribution in [2.45, 2.75) is 23.9 Å². The van der Waals surface area contributed by atoms with Crippen LogP contribution in [-0.4, -0.2) is 68.9 Å². The van der Waals surface area contributed by atoms with Crippen molar-refractivity contribution in [2.24, 2.45) is 0 Å². The number of nitrogens with one attached hydrogen (secondary N) is 1. The molecule has 4 aromatic carbocycles. The second-order valence-electron chi connectivity index (χ2n) is 10.8. The molecule has 0 radical (unpaired) electrons. The Hall–Kier alpha value is -4.58. The minimum absolute atomic E-state index is 0.0187. The van der Waals surface area contributed by atoms with Crippen LogP contribution in [0.15, 0.2) is 114 Å². The predicted molar refractivity (Wildman–Crippen MR) is 171 cm³/mol. The number of rotatable bonds is 13. The number of nitrogens with zero attached hydrogens (tertiary/aromatic N) is 2. The van der Waals surface area contributed by atoms with Crippen LogP contribution < -0.4 is 10.1 Å². The van der Waals surface area contributed by atoms with Crippen molar-refractivity contribution in [3.63, 3.8) is 0 Å². The molecule has 46 heavy (non-hydrogen) atoms. The van der Waals surface area contributed by atoms with Gasteiger partial charge >= 0.3 is 0 Å². The average molecular weight is 646 g/mol. The van der Waals surface area contributed by atoms with E-state index >= 15 is 0 Å². The summed E-state index contributed by atoms with van der Waals surface area (Å²) in [7, 11) is -3.69. The molecule has 240 valence electrons. The van der Waals surface area contributed by atoms with Crippen LogP contribution in [0.2, 0.25) is 0 Å². The van der Waals surface area contributed by atoms with Crippen LogP contribution in [-0.2, 0) is 37.3 Å². The zero-order valence-electron chi connectivity index (χ0n) is 25.3. The monoisotopic (exact) mass is 645 g/mol. The normalized spacial score (nSPS) is 14.3. The van der Waals surface area contributed by atoms with Gasteiger partial charge in [0.1, 0.15) is 17.6 Å². The summed E-state index contributed by atoms with van der Waals surface area (Å²) in [6, 6.07) is 29.3. The second-order valence-corrected chi connectivity index (χ2v) is 12.7. The van der Waals surface area contributed by atoms with E-state index in [-0.39, 0.29) is 30.4 Å². The van der Waals surface area contributed by atoms with E-state index in [1.165, 1.54) is 45.6 Å². The van der Waals surface area contributed by atoms with Crippen LogP contribution in [0.25, 0.3) is 0 Å². The lowest BCUT2D eigenvalue weighted by molar-refractivity contribution is -0.143. The number of amides is 2. The maximum Gasteiger partial charge on any atom is 0.261 e. The lowest BCUT2D eigenvalue weighted by Gasteiger charge is -2.31. The van der Waals surface area contributed by atoms with Crippen LogP contribution in [0.3, 0.4) is 0 Å². The summed E-state index contributed by atoms with van der Waals surface area (Å²) in [5, 5.41) is 2.98. The van der Waals surface area contributed by atoms with E-state index in [9.17, 15) is 22.4 Å². The Morgan fingerprint density at radius 1 is 0.848 bits per heavy atom. The van der Waals surface area contributed by atoms with Crippen molar-refractivity contribution in [3.8, 4) is 5.75 Å². The fraction of sp³-hybridized carbons (Fsp3) is 0.257. The number of carbonyl (C=O) groups is 2. The third-order valence-corrected chi connectivity index (χ3v) is 9.52. The van der Waals surface area contributed by atoms with E-state index in [0.717, 1.165) is 5.56 Å². The Bertz CT molecular complexity index is 1680. The predicted octanol–water partition coefficient (Wildman–Crippen LogP) is 4.35. The summed E-state index contributed by atoms with van der Waals surface area (Å²) in [6.07, 6.45) is 0.611. The molecular formula is C35H36FN3O6S. The molecule has 0 aromatic heterocycles. The minimum Gasteiger partial charge on any atom is -0.484 e. The first-order valence-electron chi connectivity index (χ1n) is 15.0. The number of hydrogen-bond acceptors (Lipinski definition) is 6. The molecule has 1 heterocycles. The first-order chi connectivity index (χ1) is 22.3. The molecule has 1 aliphatic heterocycles. The maximum atomic E-state index is 13.9. The van der Waals surface area contributed by atoms with Crippen LogP contribution in [0, 0.1) is 5.82 Å². The van der Waals surface area contributed by atoms with Gasteiger partial charge in [0.15, 0.2) is 6.61 Å². The molecule has 1 saturated heterocycles. The van der Waals surface area contributed by atoms with Crippen LogP contribution >= 0.6 is 0 Å². The number of benzene rings is 4. The van der Waals surface area contributed by atoms with E-state index in [4.69, 9.17) is 9.47 Å². The fourth-order valence-electron chi connectivity index (χ4n) is 5.16. The van der Waals surface area contributed by atoms with Gasteiger partial charge in [0, 0.05) is 26.2 Å². The van der Waals surface area contributed by atoms with E-state index in [2.05, 4.69) is 5.32 Å². The smallest absolute Gasteiger partial charge is 0.261 e. The van der Waals surface area contributed by atoms with Crippen molar-refractivity contribution in [1.29, 1.82) is 0 Å². The van der Waals surface area contributed by atoms with Gasteiger partial charge in [0.2, 0.25) is 15.9 Å². The average Bonchev–Trinajstić information content (AvgIpc) is 3.09. The van der Waals surface area contributed by atoms with Gasteiger partial charge in [-0.3, -0.25) is 9.59 Å². The molecule has 1 aliphatic rings. The highest BCUT2D eigenvalue weighted by atomic mass is 32.2. The molecule has 1 N–H and O–H groups in total. The second kappa shape index (κ2) is 15.6. The van der Waals surface area contributed by atoms with Crippen LogP contribution in [0.1, 0.15) is 22.7 Å². The van der Waals surface area contributed by atoms with Gasteiger partial charge in [0.25, 0.3) is 5.91 Å². The first-order valence-corrected chi connectivity index (χ1v) is 16.5. The third-order valence-electron chi connectivity index (χ3n) is 7.61. The molecule has 1 atom stereocenters. The lowest BCUT2D eigenvalue weighted by atomic mass is 10.0. The van der Waals surface area contributed by atoms with Crippen LogP contribution in [0.4, 0.5) is 4.39 Å². The molecule has 4 aromatic rings. The third kappa shape index (κ3) is 8.57. The SMILES string of the molecule is O=C(NCCc1ccccc1)[C@H](c1ccccc1)N(Cc1ccc(F)cc1)C(=O)COc1ccc(S(=O)(=O)N2CCOCC2)cc1. The fourth-order valence-corrected chi connectivity index (χ4v) is 6.57. The van der Waals surface area contributed by atoms with Crippen molar-refractivity contribution >= 4 is 21.8 Å². The van der Waals surface area contributed by atoms with Gasteiger partial charge in [-0.15, -0.1) is 0 Å². The zero-order valence-corrected chi connectivity index (χ0v) is 26.1. The standard InChI is InChI=1S/C35H36FN3O6S/c36-30-13-11-28(12-14-30)25-39(34(29-9-5-2-6-10-29)35(41)37-20-19-27-7-3-1-4-8-27)33(40)26-45-31-15-17-32(18-16-31)46(42,43)38-21-23-44-24-22-38/h1-18,34H,19-26H2,(H,37,41)/t34-/m0/s1. The number of carbonyl (C=O) groups excluding carboxylic acids is 2. The Kier molecular flexibility index (Phi) is 11.1.